The number of nitrogens with zero attached hydrogens (tertiary/aromatic N) is 3. The van der Waals surface area contributed by atoms with Gasteiger partial charge in [-0.05, 0) is 57.8 Å². The van der Waals surface area contributed by atoms with E-state index >= 15 is 0 Å². The highest BCUT2D eigenvalue weighted by Gasteiger charge is 2.10. The smallest absolute Gasteiger partial charge is 0.154 e. The summed E-state index contributed by atoms with van der Waals surface area (Å²) in [5, 5.41) is 4.41. The zero-order valence-electron chi connectivity index (χ0n) is 8.33. The summed E-state index contributed by atoms with van der Waals surface area (Å²) in [6, 6.07) is 5.76. The Hall–Kier alpha value is -0.680. The first-order chi connectivity index (χ1) is 7.09. The molecule has 2 heterocycles. The molecule has 0 unspecified atom stereocenters. The van der Waals surface area contributed by atoms with Crippen LogP contribution in [0.2, 0.25) is 0 Å². The Labute approximate surface area is 105 Å². The SMILES string of the molecule is Cc1nn(-c2cccc(Br)n2)c(C)c1Br. The Morgan fingerprint density at radius 1 is 1.20 bits per heavy atom. The standard InChI is InChI=1S/C10H9Br2N3/c1-6-10(12)7(2)15(14-6)9-5-3-4-8(11)13-9/h3-5H,1-2H3. The molecule has 5 heteroatoms. The van der Waals surface area contributed by atoms with E-state index in [0.29, 0.717) is 0 Å². The maximum absolute atomic E-state index is 4.41. The van der Waals surface area contributed by atoms with Crippen molar-refractivity contribution in [2.45, 2.75) is 13.8 Å². The molecule has 2 rings (SSSR count). The molecule has 0 bridgehead atoms. The van der Waals surface area contributed by atoms with Crippen LogP contribution in [0.15, 0.2) is 27.3 Å². The van der Waals surface area contributed by atoms with Gasteiger partial charge in [0.15, 0.2) is 5.82 Å². The van der Waals surface area contributed by atoms with Crippen molar-refractivity contribution in [2.75, 3.05) is 0 Å². The fourth-order valence-electron chi connectivity index (χ4n) is 1.36. The molecule has 0 saturated heterocycles. The molecule has 0 amide bonds. The molecule has 0 aliphatic heterocycles. The Morgan fingerprint density at radius 2 is 1.93 bits per heavy atom. The summed E-state index contributed by atoms with van der Waals surface area (Å²) < 4.78 is 3.66. The molecule has 15 heavy (non-hydrogen) atoms. The second-order valence-electron chi connectivity index (χ2n) is 3.22. The second-order valence-corrected chi connectivity index (χ2v) is 4.82. The third-order valence-corrected chi connectivity index (χ3v) is 3.71. The lowest BCUT2D eigenvalue weighted by atomic mass is 10.4. The summed E-state index contributed by atoms with van der Waals surface area (Å²) in [6.07, 6.45) is 0. The third-order valence-electron chi connectivity index (χ3n) is 2.12. The van der Waals surface area contributed by atoms with Crippen LogP contribution in [0.25, 0.3) is 5.82 Å². The molecule has 0 radical (unpaired) electrons. The molecular formula is C10H9Br2N3. The number of rotatable bonds is 1. The van der Waals surface area contributed by atoms with Crippen molar-refractivity contribution in [2.24, 2.45) is 0 Å². The van der Waals surface area contributed by atoms with Gasteiger partial charge < -0.3 is 0 Å². The van der Waals surface area contributed by atoms with Gasteiger partial charge in [-0.15, -0.1) is 0 Å². The van der Waals surface area contributed by atoms with Crippen LogP contribution in [0, 0.1) is 13.8 Å². The molecule has 2 aromatic heterocycles. The molecule has 78 valence electrons. The number of aromatic nitrogens is 3. The second kappa shape index (κ2) is 4.06. The van der Waals surface area contributed by atoms with Gasteiger partial charge in [-0.3, -0.25) is 0 Å². The maximum Gasteiger partial charge on any atom is 0.154 e. The van der Waals surface area contributed by atoms with Crippen LogP contribution in [-0.4, -0.2) is 14.8 Å². The van der Waals surface area contributed by atoms with Gasteiger partial charge in [-0.2, -0.15) is 5.10 Å². The molecular weight excluding hydrogens is 322 g/mol. The van der Waals surface area contributed by atoms with Gasteiger partial charge in [0, 0.05) is 0 Å². The average molecular weight is 331 g/mol. The fraction of sp³-hybridized carbons (Fsp3) is 0.200. The molecule has 0 N–H and O–H groups in total. The molecule has 0 spiro atoms. The van der Waals surface area contributed by atoms with Crippen LogP contribution in [0.5, 0.6) is 0 Å². The van der Waals surface area contributed by atoms with Gasteiger partial charge in [0.05, 0.1) is 15.9 Å². The van der Waals surface area contributed by atoms with Crippen LogP contribution in [0.4, 0.5) is 0 Å². The van der Waals surface area contributed by atoms with Crippen LogP contribution in [0.1, 0.15) is 11.4 Å². The summed E-state index contributed by atoms with van der Waals surface area (Å²) in [5.41, 5.74) is 2.02. The van der Waals surface area contributed by atoms with Crippen molar-refractivity contribution >= 4 is 31.9 Å². The molecule has 0 aliphatic rings. The summed E-state index contributed by atoms with van der Waals surface area (Å²) in [4.78, 5) is 4.35. The lowest BCUT2D eigenvalue weighted by Crippen LogP contribution is -2.01. The first-order valence-corrected chi connectivity index (χ1v) is 6.03. The van der Waals surface area contributed by atoms with Crippen LogP contribution in [-0.2, 0) is 0 Å². The lowest BCUT2D eigenvalue weighted by molar-refractivity contribution is 0.803. The van der Waals surface area contributed by atoms with Crippen molar-refractivity contribution in [1.29, 1.82) is 0 Å². The minimum Gasteiger partial charge on any atom is -0.222 e. The number of aryl methyl sites for hydroxylation is 1. The minimum absolute atomic E-state index is 0.809. The van der Waals surface area contributed by atoms with Crippen molar-refractivity contribution in [3.63, 3.8) is 0 Å². The summed E-state index contributed by atoms with van der Waals surface area (Å²) in [6.45, 7) is 3.97. The number of pyridine rings is 1. The quantitative estimate of drug-likeness (QED) is 0.750. The number of halogens is 2. The normalized spacial score (nSPS) is 10.7. The van der Waals surface area contributed by atoms with E-state index < -0.39 is 0 Å². The van der Waals surface area contributed by atoms with Gasteiger partial charge >= 0.3 is 0 Å². The van der Waals surface area contributed by atoms with E-state index in [4.69, 9.17) is 0 Å². The highest BCUT2D eigenvalue weighted by atomic mass is 79.9. The topological polar surface area (TPSA) is 30.7 Å². The highest BCUT2D eigenvalue weighted by molar-refractivity contribution is 9.10. The summed E-state index contributed by atoms with van der Waals surface area (Å²) in [7, 11) is 0. The average Bonchev–Trinajstić information content (AvgIpc) is 2.46. The Kier molecular flexibility index (Phi) is 2.93. The molecule has 2 aromatic rings. The fourth-order valence-corrected chi connectivity index (χ4v) is 1.94. The summed E-state index contributed by atoms with van der Waals surface area (Å²) in [5.74, 6) is 0.815. The molecule has 0 aromatic carbocycles. The van der Waals surface area contributed by atoms with Gasteiger partial charge in [0.25, 0.3) is 0 Å². The third kappa shape index (κ3) is 1.99. The van der Waals surface area contributed by atoms with E-state index in [1.165, 1.54) is 0 Å². The monoisotopic (exact) mass is 329 g/mol. The van der Waals surface area contributed by atoms with Gasteiger partial charge in [-0.1, -0.05) is 6.07 Å². The molecule has 3 nitrogen and oxygen atoms in total. The van der Waals surface area contributed by atoms with Gasteiger partial charge in [0.2, 0.25) is 0 Å². The Bertz CT molecular complexity index is 505. The minimum atomic E-state index is 0.809. The van der Waals surface area contributed by atoms with E-state index in [9.17, 15) is 0 Å². The largest absolute Gasteiger partial charge is 0.222 e. The van der Waals surface area contributed by atoms with Crippen molar-refractivity contribution < 1.29 is 0 Å². The van der Waals surface area contributed by atoms with E-state index in [1.807, 2.05) is 36.7 Å². The predicted octanol–water partition coefficient (Wildman–Crippen LogP) is 3.41. The van der Waals surface area contributed by atoms with Crippen molar-refractivity contribution in [3.05, 3.63) is 38.7 Å². The highest BCUT2D eigenvalue weighted by Crippen LogP contribution is 2.22. The van der Waals surface area contributed by atoms with Crippen molar-refractivity contribution in [1.82, 2.24) is 14.8 Å². The number of hydrogen-bond donors (Lipinski definition) is 0. The van der Waals surface area contributed by atoms with Crippen LogP contribution < -0.4 is 0 Å². The zero-order chi connectivity index (χ0) is 11.0. The molecule has 0 atom stereocenters. The number of hydrogen-bond acceptors (Lipinski definition) is 2. The Morgan fingerprint density at radius 3 is 2.47 bits per heavy atom. The van der Waals surface area contributed by atoms with Crippen molar-refractivity contribution in [3.8, 4) is 5.82 Å². The van der Waals surface area contributed by atoms with Crippen LogP contribution >= 0.6 is 31.9 Å². The van der Waals surface area contributed by atoms with Crippen LogP contribution in [0.3, 0.4) is 0 Å². The van der Waals surface area contributed by atoms with Gasteiger partial charge in [-0.25, -0.2) is 9.67 Å². The predicted molar refractivity (Wildman–Crippen MR) is 66.2 cm³/mol. The van der Waals surface area contributed by atoms with E-state index in [2.05, 4.69) is 41.9 Å². The van der Waals surface area contributed by atoms with E-state index in [0.717, 1.165) is 26.3 Å². The van der Waals surface area contributed by atoms with E-state index in [1.54, 1.807) is 0 Å². The zero-order valence-corrected chi connectivity index (χ0v) is 11.5. The Balaban J connectivity index is 2.59. The molecule has 0 aliphatic carbocycles. The first-order valence-electron chi connectivity index (χ1n) is 4.44. The molecule has 0 fully saturated rings. The van der Waals surface area contributed by atoms with E-state index in [-0.39, 0.29) is 0 Å². The lowest BCUT2D eigenvalue weighted by Gasteiger charge is -2.02. The van der Waals surface area contributed by atoms with Gasteiger partial charge in [0.1, 0.15) is 4.60 Å². The summed E-state index contributed by atoms with van der Waals surface area (Å²) >= 11 is 6.84. The molecule has 0 saturated carbocycles. The maximum atomic E-state index is 4.41. The first kappa shape index (κ1) is 10.8.